The molecule has 0 saturated carbocycles. The Balaban J connectivity index is 1.68. The Morgan fingerprint density at radius 3 is 2.43 bits per heavy atom. The van der Waals surface area contributed by atoms with Gasteiger partial charge in [0.2, 0.25) is 10.0 Å². The zero-order valence-corrected chi connectivity index (χ0v) is 17.0. The van der Waals surface area contributed by atoms with Gasteiger partial charge in [0.05, 0.1) is 35.4 Å². The first-order valence-electron chi connectivity index (χ1n) is 9.28. The molecule has 6 nitrogen and oxygen atoms in total. The third-order valence-electron chi connectivity index (χ3n) is 4.85. The zero-order chi connectivity index (χ0) is 21.1. The van der Waals surface area contributed by atoms with Gasteiger partial charge in [-0.05, 0) is 54.1 Å². The standard InChI is InChI=1S/C22H20FN3O3S/c1-29-18-10-12-19(13-11-18)30(27,28)25-21(16-6-8-17(23)9-7-16)14-26-15-24-20-4-2-3-5-22(20)26/h2-13,15,21,25H,14H2,1H3. The van der Waals surface area contributed by atoms with E-state index in [1.165, 1.54) is 31.4 Å². The second-order valence-corrected chi connectivity index (χ2v) is 8.50. The van der Waals surface area contributed by atoms with Crippen LogP contribution in [0.4, 0.5) is 4.39 Å². The van der Waals surface area contributed by atoms with Gasteiger partial charge in [-0.3, -0.25) is 0 Å². The Hall–Kier alpha value is -3.23. The summed E-state index contributed by atoms with van der Waals surface area (Å²) in [5, 5.41) is 0. The van der Waals surface area contributed by atoms with Crippen LogP contribution in [0.3, 0.4) is 0 Å². The van der Waals surface area contributed by atoms with E-state index in [-0.39, 0.29) is 10.7 Å². The van der Waals surface area contributed by atoms with E-state index in [4.69, 9.17) is 4.74 Å². The summed E-state index contributed by atoms with van der Waals surface area (Å²) in [5.74, 6) is 0.178. The average Bonchev–Trinajstić information content (AvgIpc) is 3.17. The second-order valence-electron chi connectivity index (χ2n) is 6.79. The van der Waals surface area contributed by atoms with Gasteiger partial charge < -0.3 is 9.30 Å². The Labute approximate surface area is 174 Å². The fraction of sp³-hybridized carbons (Fsp3) is 0.136. The molecule has 0 saturated heterocycles. The Bertz CT molecular complexity index is 1250. The van der Waals surface area contributed by atoms with E-state index >= 15 is 0 Å². The number of methoxy groups -OCH3 is 1. The number of ether oxygens (including phenoxy) is 1. The lowest BCUT2D eigenvalue weighted by molar-refractivity contribution is 0.414. The Kier molecular flexibility index (Phi) is 5.52. The van der Waals surface area contributed by atoms with Crippen LogP contribution in [0, 0.1) is 5.82 Å². The molecule has 0 aliphatic carbocycles. The fourth-order valence-electron chi connectivity index (χ4n) is 3.27. The number of nitrogens with zero attached hydrogens (tertiary/aromatic N) is 2. The predicted octanol–water partition coefficient (Wildman–Crippen LogP) is 3.90. The smallest absolute Gasteiger partial charge is 0.241 e. The number of rotatable bonds is 7. The molecule has 1 unspecified atom stereocenters. The molecule has 4 rings (SSSR count). The number of para-hydroxylation sites is 2. The average molecular weight is 425 g/mol. The summed E-state index contributed by atoms with van der Waals surface area (Å²) in [4.78, 5) is 4.48. The molecule has 1 atom stereocenters. The summed E-state index contributed by atoms with van der Waals surface area (Å²) in [6, 6.07) is 18.9. The molecular formula is C22H20FN3O3S. The van der Waals surface area contributed by atoms with Gasteiger partial charge >= 0.3 is 0 Å². The normalized spacial score (nSPS) is 12.7. The molecule has 0 aliphatic rings. The van der Waals surface area contributed by atoms with Crippen molar-refractivity contribution >= 4 is 21.1 Å². The summed E-state index contributed by atoms with van der Waals surface area (Å²) in [7, 11) is -2.32. The lowest BCUT2D eigenvalue weighted by Gasteiger charge is -2.20. The van der Waals surface area contributed by atoms with E-state index in [1.807, 2.05) is 28.8 Å². The quantitative estimate of drug-likeness (QED) is 0.487. The van der Waals surface area contributed by atoms with Crippen molar-refractivity contribution in [2.75, 3.05) is 7.11 Å². The van der Waals surface area contributed by atoms with Crippen LogP contribution in [0.25, 0.3) is 11.0 Å². The number of fused-ring (bicyclic) bond motifs is 1. The van der Waals surface area contributed by atoms with Crippen molar-refractivity contribution in [3.05, 3.63) is 90.5 Å². The van der Waals surface area contributed by atoms with Gasteiger partial charge in [-0.25, -0.2) is 22.5 Å². The van der Waals surface area contributed by atoms with Crippen LogP contribution in [0.5, 0.6) is 5.75 Å². The summed E-state index contributed by atoms with van der Waals surface area (Å²) >= 11 is 0. The van der Waals surface area contributed by atoms with Crippen molar-refractivity contribution in [1.82, 2.24) is 14.3 Å². The largest absolute Gasteiger partial charge is 0.497 e. The predicted molar refractivity (Wildman–Crippen MR) is 112 cm³/mol. The number of halogens is 1. The molecule has 0 bridgehead atoms. The SMILES string of the molecule is COc1ccc(S(=O)(=O)NC(Cn2cnc3ccccc32)c2ccc(F)cc2)cc1. The zero-order valence-electron chi connectivity index (χ0n) is 16.2. The first-order chi connectivity index (χ1) is 14.5. The Morgan fingerprint density at radius 1 is 1.03 bits per heavy atom. The molecule has 30 heavy (non-hydrogen) atoms. The van der Waals surface area contributed by atoms with E-state index in [0.717, 1.165) is 11.0 Å². The topological polar surface area (TPSA) is 73.2 Å². The summed E-state index contributed by atoms with van der Waals surface area (Å²) in [6.45, 7) is 0.293. The minimum absolute atomic E-state index is 0.117. The number of nitrogens with one attached hydrogen (secondary N) is 1. The summed E-state index contributed by atoms with van der Waals surface area (Å²) in [6.07, 6.45) is 1.67. The molecule has 1 heterocycles. The van der Waals surface area contributed by atoms with E-state index in [2.05, 4.69) is 9.71 Å². The van der Waals surface area contributed by atoms with Gasteiger partial charge in [0.1, 0.15) is 11.6 Å². The summed E-state index contributed by atoms with van der Waals surface area (Å²) in [5.41, 5.74) is 2.34. The number of imidazole rings is 1. The van der Waals surface area contributed by atoms with Crippen LogP contribution in [0.15, 0.2) is 84.0 Å². The Morgan fingerprint density at radius 2 is 1.73 bits per heavy atom. The third-order valence-corrected chi connectivity index (χ3v) is 6.33. The van der Waals surface area contributed by atoms with Gasteiger partial charge in [0.25, 0.3) is 0 Å². The van der Waals surface area contributed by atoms with Crippen molar-refractivity contribution in [1.29, 1.82) is 0 Å². The van der Waals surface area contributed by atoms with Crippen LogP contribution in [0.2, 0.25) is 0 Å². The van der Waals surface area contributed by atoms with Crippen molar-refractivity contribution in [2.45, 2.75) is 17.5 Å². The van der Waals surface area contributed by atoms with Crippen LogP contribution < -0.4 is 9.46 Å². The first-order valence-corrected chi connectivity index (χ1v) is 10.8. The van der Waals surface area contributed by atoms with Crippen LogP contribution in [-0.2, 0) is 16.6 Å². The fourth-order valence-corrected chi connectivity index (χ4v) is 4.48. The van der Waals surface area contributed by atoms with Gasteiger partial charge in [-0.2, -0.15) is 0 Å². The van der Waals surface area contributed by atoms with Crippen molar-refractivity contribution in [3.63, 3.8) is 0 Å². The molecular weight excluding hydrogens is 405 g/mol. The first kappa shape index (κ1) is 20.1. The van der Waals surface area contributed by atoms with Crippen LogP contribution >= 0.6 is 0 Å². The molecule has 3 aromatic carbocycles. The number of hydrogen-bond acceptors (Lipinski definition) is 4. The highest BCUT2D eigenvalue weighted by atomic mass is 32.2. The van der Waals surface area contributed by atoms with E-state index < -0.39 is 16.1 Å². The molecule has 0 amide bonds. The van der Waals surface area contributed by atoms with Crippen LogP contribution in [0.1, 0.15) is 11.6 Å². The van der Waals surface area contributed by atoms with Crippen molar-refractivity contribution in [2.24, 2.45) is 0 Å². The van der Waals surface area contributed by atoms with Gasteiger partial charge in [-0.15, -0.1) is 0 Å². The van der Waals surface area contributed by atoms with Gasteiger partial charge in [0, 0.05) is 6.54 Å². The molecule has 4 aromatic rings. The molecule has 154 valence electrons. The molecule has 1 N–H and O–H groups in total. The number of sulfonamides is 1. The third kappa shape index (κ3) is 4.19. The number of aromatic nitrogens is 2. The molecule has 0 radical (unpaired) electrons. The minimum Gasteiger partial charge on any atom is -0.497 e. The highest BCUT2D eigenvalue weighted by Crippen LogP contribution is 2.23. The number of hydrogen-bond donors (Lipinski definition) is 1. The van der Waals surface area contributed by atoms with Gasteiger partial charge in [0.15, 0.2) is 0 Å². The molecule has 0 fully saturated rings. The molecule has 0 aliphatic heterocycles. The number of benzene rings is 3. The molecule has 8 heteroatoms. The maximum Gasteiger partial charge on any atom is 0.241 e. The summed E-state index contributed by atoms with van der Waals surface area (Å²) < 4.78 is 49.2. The monoisotopic (exact) mass is 425 g/mol. The highest BCUT2D eigenvalue weighted by molar-refractivity contribution is 7.89. The van der Waals surface area contributed by atoms with Crippen molar-refractivity contribution < 1.29 is 17.5 Å². The minimum atomic E-state index is -3.83. The maximum absolute atomic E-state index is 13.4. The second kappa shape index (κ2) is 8.25. The van der Waals surface area contributed by atoms with E-state index in [1.54, 1.807) is 30.6 Å². The van der Waals surface area contributed by atoms with E-state index in [9.17, 15) is 12.8 Å². The lowest BCUT2D eigenvalue weighted by atomic mass is 10.1. The van der Waals surface area contributed by atoms with Crippen LogP contribution in [-0.4, -0.2) is 25.1 Å². The lowest BCUT2D eigenvalue weighted by Crippen LogP contribution is -2.31. The maximum atomic E-state index is 13.4. The highest BCUT2D eigenvalue weighted by Gasteiger charge is 2.23. The molecule has 0 spiro atoms. The van der Waals surface area contributed by atoms with Crippen molar-refractivity contribution in [3.8, 4) is 5.75 Å². The molecule has 1 aromatic heterocycles. The van der Waals surface area contributed by atoms with Gasteiger partial charge in [-0.1, -0.05) is 24.3 Å². The van der Waals surface area contributed by atoms with E-state index in [0.29, 0.717) is 17.9 Å².